The fraction of sp³-hybridized carbons (Fsp3) is 0.923. The van der Waals surface area contributed by atoms with Gasteiger partial charge in [0.1, 0.15) is 5.78 Å². The lowest BCUT2D eigenvalue weighted by atomic mass is 9.79. The van der Waals surface area contributed by atoms with Crippen LogP contribution < -0.4 is 5.32 Å². The summed E-state index contributed by atoms with van der Waals surface area (Å²) in [4.78, 5) is 24.6. The highest BCUT2D eigenvalue weighted by Crippen LogP contribution is 2.30. The number of carbonyl (C=O) groups excluding carboxylic acids is 2. The summed E-state index contributed by atoms with van der Waals surface area (Å²) < 4.78 is 11.7. The molecule has 2 aliphatic rings. The van der Waals surface area contributed by atoms with Crippen molar-refractivity contribution in [3.8, 4) is 0 Å². The summed E-state index contributed by atoms with van der Waals surface area (Å²) >= 11 is 0. The number of hydrogen-bond donors (Lipinski definition) is 1. The number of rotatable bonds is 13. The number of carbonyl (C=O) groups is 2. The molecule has 2 unspecified atom stereocenters. The normalized spacial score (nSPS) is 28.6. The summed E-state index contributed by atoms with van der Waals surface area (Å²) in [5.74, 6) is 2.19. The minimum absolute atomic E-state index is 0.0857. The van der Waals surface area contributed by atoms with Gasteiger partial charge >= 0.3 is 0 Å². The van der Waals surface area contributed by atoms with Gasteiger partial charge in [-0.2, -0.15) is 0 Å². The van der Waals surface area contributed by atoms with Gasteiger partial charge < -0.3 is 14.8 Å². The van der Waals surface area contributed by atoms with Crippen molar-refractivity contribution in [1.82, 2.24) is 5.32 Å². The second kappa shape index (κ2) is 14.3. The summed E-state index contributed by atoms with van der Waals surface area (Å²) in [6.07, 6.45) is 11.3. The van der Waals surface area contributed by atoms with Gasteiger partial charge in [-0.05, 0) is 83.0 Å². The molecular formula is C26H47NO4. The third kappa shape index (κ3) is 9.61. The fourth-order valence-corrected chi connectivity index (χ4v) is 4.82. The van der Waals surface area contributed by atoms with Crippen LogP contribution in [0.2, 0.25) is 0 Å². The molecule has 0 aromatic carbocycles. The minimum Gasteiger partial charge on any atom is -0.381 e. The van der Waals surface area contributed by atoms with Crippen LogP contribution in [0.5, 0.6) is 0 Å². The summed E-state index contributed by atoms with van der Waals surface area (Å²) in [6.45, 7) is 10.6. The lowest BCUT2D eigenvalue weighted by molar-refractivity contribution is -0.127. The summed E-state index contributed by atoms with van der Waals surface area (Å²) in [5, 5.41) is 3.15. The Kier molecular flexibility index (Phi) is 12.1. The van der Waals surface area contributed by atoms with Crippen molar-refractivity contribution < 1.29 is 19.1 Å². The molecule has 5 heteroatoms. The molecule has 2 atom stereocenters. The SMILES string of the molecule is CCC(C)OCC1CCC(COCCC(=O)NC2CCC(C(=O)C(C)CC)CC2)CC1. The van der Waals surface area contributed by atoms with Crippen molar-refractivity contribution in [2.24, 2.45) is 23.7 Å². The molecule has 0 heterocycles. The third-order valence-corrected chi connectivity index (χ3v) is 7.58. The molecule has 180 valence electrons. The van der Waals surface area contributed by atoms with Crippen LogP contribution in [0.15, 0.2) is 0 Å². The predicted molar refractivity (Wildman–Crippen MR) is 125 cm³/mol. The average molecular weight is 438 g/mol. The maximum atomic E-state index is 12.3. The van der Waals surface area contributed by atoms with Gasteiger partial charge in [-0.1, -0.05) is 20.8 Å². The molecule has 1 amide bonds. The van der Waals surface area contributed by atoms with E-state index in [1.165, 1.54) is 25.7 Å². The van der Waals surface area contributed by atoms with Crippen molar-refractivity contribution in [3.05, 3.63) is 0 Å². The number of ketones is 1. The van der Waals surface area contributed by atoms with E-state index in [1.807, 2.05) is 6.92 Å². The van der Waals surface area contributed by atoms with Crippen molar-refractivity contribution in [1.29, 1.82) is 0 Å². The summed E-state index contributed by atoms with van der Waals surface area (Å²) in [7, 11) is 0. The number of ether oxygens (including phenoxy) is 2. The van der Waals surface area contributed by atoms with E-state index in [0.717, 1.165) is 51.7 Å². The molecule has 2 rings (SSSR count). The highest BCUT2D eigenvalue weighted by atomic mass is 16.5. The number of amides is 1. The van der Waals surface area contributed by atoms with Crippen LogP contribution >= 0.6 is 0 Å². The van der Waals surface area contributed by atoms with Gasteiger partial charge in [-0.3, -0.25) is 9.59 Å². The lowest BCUT2D eigenvalue weighted by Crippen LogP contribution is -2.39. The van der Waals surface area contributed by atoms with Crippen LogP contribution in [0.3, 0.4) is 0 Å². The first-order chi connectivity index (χ1) is 14.9. The molecule has 0 aromatic rings. The predicted octanol–water partition coefficient (Wildman–Crippen LogP) is 5.30. The first-order valence-electron chi connectivity index (χ1n) is 12.9. The van der Waals surface area contributed by atoms with E-state index >= 15 is 0 Å². The Hall–Kier alpha value is -0.940. The fourth-order valence-electron chi connectivity index (χ4n) is 4.82. The summed E-state index contributed by atoms with van der Waals surface area (Å²) in [6, 6.07) is 0.224. The molecule has 0 spiro atoms. The van der Waals surface area contributed by atoms with Crippen molar-refractivity contribution in [2.75, 3.05) is 19.8 Å². The molecule has 2 fully saturated rings. The minimum atomic E-state index is 0.0857. The molecule has 0 aliphatic heterocycles. The topological polar surface area (TPSA) is 64.6 Å². The van der Waals surface area contributed by atoms with E-state index in [9.17, 15) is 9.59 Å². The Morgan fingerprint density at radius 2 is 1.48 bits per heavy atom. The van der Waals surface area contributed by atoms with Gasteiger partial charge in [0.2, 0.25) is 5.91 Å². The Balaban J connectivity index is 1.50. The molecular weight excluding hydrogens is 390 g/mol. The second-order valence-corrected chi connectivity index (χ2v) is 10.1. The first-order valence-corrected chi connectivity index (χ1v) is 12.9. The maximum absolute atomic E-state index is 12.3. The Labute approximate surface area is 190 Å². The largest absolute Gasteiger partial charge is 0.381 e. The van der Waals surface area contributed by atoms with Crippen LogP contribution in [0.1, 0.15) is 98.3 Å². The van der Waals surface area contributed by atoms with E-state index in [-0.39, 0.29) is 23.8 Å². The zero-order chi connectivity index (χ0) is 22.6. The van der Waals surface area contributed by atoms with Gasteiger partial charge in [0.15, 0.2) is 0 Å². The Bertz CT molecular complexity index is 522. The van der Waals surface area contributed by atoms with Crippen LogP contribution in [-0.2, 0) is 19.1 Å². The quantitative estimate of drug-likeness (QED) is 0.397. The van der Waals surface area contributed by atoms with Crippen LogP contribution in [0.25, 0.3) is 0 Å². The van der Waals surface area contributed by atoms with E-state index in [2.05, 4.69) is 26.1 Å². The Morgan fingerprint density at radius 1 is 0.871 bits per heavy atom. The average Bonchev–Trinajstić information content (AvgIpc) is 2.80. The molecule has 0 radical (unpaired) electrons. The van der Waals surface area contributed by atoms with E-state index in [1.54, 1.807) is 0 Å². The molecule has 5 nitrogen and oxygen atoms in total. The molecule has 0 aromatic heterocycles. The van der Waals surface area contributed by atoms with Crippen LogP contribution in [0, 0.1) is 23.7 Å². The molecule has 1 N–H and O–H groups in total. The van der Waals surface area contributed by atoms with Crippen molar-refractivity contribution in [2.45, 2.75) is 110 Å². The standard InChI is InChI=1S/C26H47NO4/c1-5-19(3)26(29)23-11-13-24(14-12-23)27-25(28)15-16-30-17-21-7-9-22(10-8-21)18-31-20(4)6-2/h19-24H,5-18H2,1-4H3,(H,27,28). The molecule has 0 bridgehead atoms. The van der Waals surface area contributed by atoms with Crippen LogP contribution in [0.4, 0.5) is 0 Å². The molecule has 31 heavy (non-hydrogen) atoms. The van der Waals surface area contributed by atoms with Crippen molar-refractivity contribution in [3.63, 3.8) is 0 Å². The molecule has 0 saturated heterocycles. The Morgan fingerprint density at radius 3 is 2.06 bits per heavy atom. The maximum Gasteiger partial charge on any atom is 0.222 e. The van der Waals surface area contributed by atoms with Gasteiger partial charge in [-0.15, -0.1) is 0 Å². The van der Waals surface area contributed by atoms with E-state index in [0.29, 0.717) is 36.8 Å². The molecule has 2 aliphatic carbocycles. The smallest absolute Gasteiger partial charge is 0.222 e. The lowest BCUT2D eigenvalue weighted by Gasteiger charge is -2.30. The number of hydrogen-bond acceptors (Lipinski definition) is 4. The highest BCUT2D eigenvalue weighted by Gasteiger charge is 2.29. The van der Waals surface area contributed by atoms with Gasteiger partial charge in [0.25, 0.3) is 0 Å². The zero-order valence-electron chi connectivity index (χ0n) is 20.5. The first kappa shape index (κ1) is 26.3. The zero-order valence-corrected chi connectivity index (χ0v) is 20.5. The number of Topliss-reactive ketones (excluding diaryl/α,β-unsaturated/α-hetero) is 1. The monoisotopic (exact) mass is 437 g/mol. The van der Waals surface area contributed by atoms with Crippen LogP contribution in [-0.4, -0.2) is 43.7 Å². The van der Waals surface area contributed by atoms with Gasteiger partial charge in [-0.25, -0.2) is 0 Å². The van der Waals surface area contributed by atoms with E-state index in [4.69, 9.17) is 9.47 Å². The number of nitrogens with one attached hydrogen (secondary N) is 1. The van der Waals surface area contributed by atoms with Gasteiger partial charge in [0, 0.05) is 37.5 Å². The van der Waals surface area contributed by atoms with Crippen molar-refractivity contribution >= 4 is 11.7 Å². The highest BCUT2D eigenvalue weighted by molar-refractivity contribution is 5.83. The van der Waals surface area contributed by atoms with Gasteiger partial charge in [0.05, 0.1) is 12.7 Å². The second-order valence-electron chi connectivity index (χ2n) is 10.1. The van der Waals surface area contributed by atoms with E-state index < -0.39 is 0 Å². The third-order valence-electron chi connectivity index (χ3n) is 7.58. The summed E-state index contributed by atoms with van der Waals surface area (Å²) in [5.41, 5.74) is 0. The molecule has 2 saturated carbocycles.